The summed E-state index contributed by atoms with van der Waals surface area (Å²) in [6.45, 7) is 5.09. The Morgan fingerprint density at radius 2 is 1.86 bits per heavy atom. The SMILES string of the molecule is Cc1cc(OC(C)[C@@H]2CCN2)cnc1Cl.O=C(O)CC(O)(CC(=O)O)C(=O)O. The molecule has 0 spiro atoms. The zero-order chi connectivity index (χ0) is 21.5. The van der Waals surface area contributed by atoms with E-state index in [0.29, 0.717) is 11.2 Å². The largest absolute Gasteiger partial charge is 0.487 e. The summed E-state index contributed by atoms with van der Waals surface area (Å²) in [7, 11) is 0. The lowest BCUT2D eigenvalue weighted by Crippen LogP contribution is -2.51. The Kier molecular flexibility index (Phi) is 8.61. The number of aromatic nitrogens is 1. The van der Waals surface area contributed by atoms with E-state index in [1.54, 1.807) is 6.20 Å². The van der Waals surface area contributed by atoms with Crippen LogP contribution in [0.5, 0.6) is 5.75 Å². The van der Waals surface area contributed by atoms with Crippen LogP contribution in [0.25, 0.3) is 0 Å². The Balaban J connectivity index is 0.000000284. The van der Waals surface area contributed by atoms with Gasteiger partial charge in [0, 0.05) is 6.04 Å². The van der Waals surface area contributed by atoms with Crippen LogP contribution < -0.4 is 10.1 Å². The Hall–Kier alpha value is -2.43. The molecular weight excluding hydrogens is 396 g/mol. The fourth-order valence-corrected chi connectivity index (χ4v) is 2.42. The first-order valence-corrected chi connectivity index (χ1v) is 8.74. The molecule has 1 unspecified atom stereocenters. The minimum atomic E-state index is -2.74. The number of hydrogen-bond acceptors (Lipinski definition) is 7. The molecule has 1 aliphatic rings. The van der Waals surface area contributed by atoms with Crippen molar-refractivity contribution < 1.29 is 39.5 Å². The number of carboxylic acid groups (broad SMARTS) is 3. The molecule has 1 saturated heterocycles. The maximum Gasteiger partial charge on any atom is 0.336 e. The molecule has 1 fully saturated rings. The number of nitrogens with one attached hydrogen (secondary N) is 1. The predicted molar refractivity (Wildman–Crippen MR) is 97.6 cm³/mol. The van der Waals surface area contributed by atoms with E-state index < -0.39 is 36.4 Å². The van der Waals surface area contributed by atoms with Crippen LogP contribution in [-0.2, 0) is 14.4 Å². The van der Waals surface area contributed by atoms with Gasteiger partial charge in [-0.15, -0.1) is 0 Å². The van der Waals surface area contributed by atoms with Crippen LogP contribution in [0.2, 0.25) is 5.15 Å². The number of rotatable bonds is 8. The number of ether oxygens (including phenoxy) is 1. The summed E-state index contributed by atoms with van der Waals surface area (Å²) in [4.78, 5) is 34.5. The minimum absolute atomic E-state index is 0.182. The van der Waals surface area contributed by atoms with E-state index >= 15 is 0 Å². The van der Waals surface area contributed by atoms with E-state index in [-0.39, 0.29) is 6.10 Å². The van der Waals surface area contributed by atoms with E-state index in [1.807, 2.05) is 13.0 Å². The molecule has 11 heteroatoms. The number of pyridine rings is 1. The molecule has 0 amide bonds. The van der Waals surface area contributed by atoms with Gasteiger partial charge in [0.15, 0.2) is 5.60 Å². The summed E-state index contributed by atoms with van der Waals surface area (Å²) >= 11 is 5.84. The summed E-state index contributed by atoms with van der Waals surface area (Å²) in [6, 6.07) is 2.39. The lowest BCUT2D eigenvalue weighted by molar-refractivity contribution is -0.170. The topological polar surface area (TPSA) is 166 Å². The second-order valence-corrected chi connectivity index (χ2v) is 6.79. The second kappa shape index (κ2) is 10.2. The Morgan fingerprint density at radius 1 is 1.32 bits per heavy atom. The van der Waals surface area contributed by atoms with Crippen LogP contribution >= 0.6 is 11.6 Å². The number of aryl methyl sites for hydroxylation is 1. The lowest BCUT2D eigenvalue weighted by atomic mass is 9.96. The van der Waals surface area contributed by atoms with Crippen molar-refractivity contribution in [2.24, 2.45) is 0 Å². The third kappa shape index (κ3) is 7.29. The minimum Gasteiger partial charge on any atom is -0.487 e. The average Bonchev–Trinajstić information content (AvgIpc) is 2.48. The van der Waals surface area contributed by atoms with Crippen molar-refractivity contribution >= 4 is 29.5 Å². The van der Waals surface area contributed by atoms with Gasteiger partial charge in [0.1, 0.15) is 17.0 Å². The second-order valence-electron chi connectivity index (χ2n) is 6.43. The maximum absolute atomic E-state index is 10.3. The van der Waals surface area contributed by atoms with Crippen LogP contribution in [0.1, 0.15) is 31.7 Å². The maximum atomic E-state index is 10.3. The number of nitrogens with zero attached hydrogens (tertiary/aromatic N) is 1. The van der Waals surface area contributed by atoms with Crippen LogP contribution in [0.3, 0.4) is 0 Å². The molecule has 2 rings (SSSR count). The van der Waals surface area contributed by atoms with Gasteiger partial charge in [-0.25, -0.2) is 9.78 Å². The number of aliphatic hydroxyl groups is 1. The number of carbonyl (C=O) groups is 3. The van der Waals surface area contributed by atoms with E-state index in [2.05, 4.69) is 17.2 Å². The van der Waals surface area contributed by atoms with Gasteiger partial charge >= 0.3 is 17.9 Å². The van der Waals surface area contributed by atoms with Crippen molar-refractivity contribution in [2.75, 3.05) is 6.54 Å². The quantitative estimate of drug-likeness (QED) is 0.383. The molecule has 2 atom stereocenters. The van der Waals surface area contributed by atoms with Gasteiger partial charge in [-0.3, -0.25) is 9.59 Å². The van der Waals surface area contributed by atoms with Crippen molar-refractivity contribution in [1.29, 1.82) is 0 Å². The third-order valence-electron chi connectivity index (χ3n) is 4.03. The molecule has 0 radical (unpaired) electrons. The van der Waals surface area contributed by atoms with E-state index in [1.165, 1.54) is 6.42 Å². The highest BCUT2D eigenvalue weighted by Gasteiger charge is 2.40. The Morgan fingerprint density at radius 3 is 2.21 bits per heavy atom. The fraction of sp³-hybridized carbons (Fsp3) is 0.529. The molecule has 1 aromatic rings. The highest BCUT2D eigenvalue weighted by molar-refractivity contribution is 6.30. The Bertz CT molecular complexity index is 707. The van der Waals surface area contributed by atoms with Gasteiger partial charge in [0.05, 0.1) is 19.0 Å². The zero-order valence-electron chi connectivity index (χ0n) is 15.4. The fourth-order valence-electron chi connectivity index (χ4n) is 2.32. The van der Waals surface area contributed by atoms with E-state index in [0.717, 1.165) is 17.9 Å². The normalized spacial score (nSPS) is 16.8. The van der Waals surface area contributed by atoms with Crippen LogP contribution in [0.4, 0.5) is 0 Å². The van der Waals surface area contributed by atoms with Gasteiger partial charge in [-0.1, -0.05) is 11.6 Å². The molecule has 0 bridgehead atoms. The van der Waals surface area contributed by atoms with Crippen molar-refractivity contribution in [1.82, 2.24) is 10.3 Å². The first-order chi connectivity index (χ1) is 12.9. The van der Waals surface area contributed by atoms with Gasteiger partial charge < -0.3 is 30.5 Å². The molecule has 0 aliphatic carbocycles. The van der Waals surface area contributed by atoms with Gasteiger partial charge in [-0.2, -0.15) is 0 Å². The van der Waals surface area contributed by atoms with E-state index in [4.69, 9.17) is 36.8 Å². The summed E-state index contributed by atoms with van der Waals surface area (Å²) in [5.41, 5.74) is -1.79. The molecule has 1 aliphatic heterocycles. The summed E-state index contributed by atoms with van der Waals surface area (Å²) in [5, 5.41) is 37.7. The molecule has 10 nitrogen and oxygen atoms in total. The molecule has 28 heavy (non-hydrogen) atoms. The summed E-state index contributed by atoms with van der Waals surface area (Å²) in [6.07, 6.45) is 0.746. The molecule has 1 aromatic heterocycles. The first kappa shape index (κ1) is 23.6. The summed E-state index contributed by atoms with van der Waals surface area (Å²) < 4.78 is 5.77. The molecule has 0 saturated carbocycles. The van der Waals surface area contributed by atoms with Crippen molar-refractivity contribution in [2.45, 2.75) is 50.9 Å². The molecule has 156 valence electrons. The van der Waals surface area contributed by atoms with Crippen LogP contribution in [-0.4, -0.2) is 67.6 Å². The third-order valence-corrected chi connectivity index (χ3v) is 4.42. The number of halogens is 1. The number of carboxylic acids is 3. The van der Waals surface area contributed by atoms with Crippen LogP contribution in [0.15, 0.2) is 12.3 Å². The molecule has 0 aromatic carbocycles. The number of hydrogen-bond donors (Lipinski definition) is 5. The van der Waals surface area contributed by atoms with Crippen molar-refractivity contribution in [3.05, 3.63) is 23.0 Å². The van der Waals surface area contributed by atoms with Gasteiger partial charge in [0.25, 0.3) is 0 Å². The van der Waals surface area contributed by atoms with Gasteiger partial charge in [0.2, 0.25) is 0 Å². The number of aliphatic carboxylic acids is 3. The van der Waals surface area contributed by atoms with Crippen molar-refractivity contribution in [3.63, 3.8) is 0 Å². The van der Waals surface area contributed by atoms with Crippen molar-refractivity contribution in [3.8, 4) is 5.75 Å². The van der Waals surface area contributed by atoms with Gasteiger partial charge in [-0.05, 0) is 38.4 Å². The summed E-state index contributed by atoms with van der Waals surface area (Å²) in [5.74, 6) is -4.23. The molecule has 2 heterocycles. The smallest absolute Gasteiger partial charge is 0.336 e. The van der Waals surface area contributed by atoms with E-state index in [9.17, 15) is 14.4 Å². The highest BCUT2D eigenvalue weighted by Crippen LogP contribution is 2.21. The highest BCUT2D eigenvalue weighted by atomic mass is 35.5. The lowest BCUT2D eigenvalue weighted by Gasteiger charge is -2.33. The standard InChI is InChI=1S/C11H15ClN2O.C6H8O7/c1-7-5-9(6-14-11(7)12)15-8(2)10-3-4-13-10;7-3(8)1-6(13,5(11)12)2-4(9)10/h5-6,8,10,13H,3-4H2,1-2H3;13H,1-2H2,(H,7,8)(H,9,10)(H,11,12)/t8?,10-;/m0./s1. The zero-order valence-corrected chi connectivity index (χ0v) is 16.1. The first-order valence-electron chi connectivity index (χ1n) is 8.36. The Labute approximate surface area is 166 Å². The average molecular weight is 419 g/mol. The molecular formula is C17H23ClN2O8. The predicted octanol–water partition coefficient (Wildman–Crippen LogP) is 0.924. The monoisotopic (exact) mass is 418 g/mol. The van der Waals surface area contributed by atoms with Crippen LogP contribution in [0, 0.1) is 6.92 Å². The molecule has 5 N–H and O–H groups in total.